The van der Waals surface area contributed by atoms with Crippen molar-refractivity contribution in [1.29, 1.82) is 0 Å². The third kappa shape index (κ3) is 6.52. The number of likely N-dealkylation sites (tertiary alicyclic amines) is 1. The molecule has 6 nitrogen and oxygen atoms in total. The number of benzene rings is 1. The highest BCUT2D eigenvalue weighted by Gasteiger charge is 2.26. The van der Waals surface area contributed by atoms with E-state index in [2.05, 4.69) is 55.4 Å². The first-order valence-electron chi connectivity index (χ1n) is 12.3. The van der Waals surface area contributed by atoms with Crippen LogP contribution in [0.4, 0.5) is 5.95 Å². The van der Waals surface area contributed by atoms with Gasteiger partial charge in [0.15, 0.2) is 0 Å². The summed E-state index contributed by atoms with van der Waals surface area (Å²) in [5, 5.41) is 3.18. The van der Waals surface area contributed by atoms with Gasteiger partial charge in [0.1, 0.15) is 0 Å². The van der Waals surface area contributed by atoms with Gasteiger partial charge < -0.3 is 15.1 Å². The number of hydrogen-bond donors (Lipinski definition) is 1. The number of carbonyl (C=O) groups excluding carboxylic acids is 1. The molecule has 2 aliphatic rings. The van der Waals surface area contributed by atoms with Crippen LogP contribution in [0, 0.1) is 18.8 Å². The average Bonchev–Trinajstić information content (AvgIpc) is 2.83. The largest absolute Gasteiger partial charge is 0.356 e. The van der Waals surface area contributed by atoms with Crippen molar-refractivity contribution in [2.45, 2.75) is 45.4 Å². The van der Waals surface area contributed by atoms with Gasteiger partial charge in [0.25, 0.3) is 0 Å². The molecule has 1 amide bonds. The Bertz CT molecular complexity index is 842. The van der Waals surface area contributed by atoms with Gasteiger partial charge in [-0.1, -0.05) is 30.3 Å². The van der Waals surface area contributed by atoms with E-state index in [1.807, 2.05) is 19.2 Å². The Hall–Kier alpha value is -2.47. The van der Waals surface area contributed by atoms with E-state index < -0.39 is 0 Å². The molecule has 0 aliphatic carbocycles. The highest BCUT2D eigenvalue weighted by atomic mass is 16.1. The topological polar surface area (TPSA) is 61.4 Å². The summed E-state index contributed by atoms with van der Waals surface area (Å²) < 4.78 is 0. The maximum atomic E-state index is 12.6. The zero-order valence-electron chi connectivity index (χ0n) is 19.4. The maximum absolute atomic E-state index is 12.6. The highest BCUT2D eigenvalue weighted by Crippen LogP contribution is 2.22. The fourth-order valence-electron chi connectivity index (χ4n) is 4.95. The smallest absolute Gasteiger partial charge is 0.225 e. The molecular weight excluding hydrogens is 398 g/mol. The number of hydrogen-bond acceptors (Lipinski definition) is 5. The maximum Gasteiger partial charge on any atom is 0.225 e. The van der Waals surface area contributed by atoms with Gasteiger partial charge in [0.2, 0.25) is 11.9 Å². The molecule has 2 saturated heterocycles. The lowest BCUT2D eigenvalue weighted by Gasteiger charge is -2.32. The van der Waals surface area contributed by atoms with Crippen LogP contribution in [0.2, 0.25) is 0 Å². The van der Waals surface area contributed by atoms with Gasteiger partial charge in [-0.05, 0) is 82.6 Å². The first-order chi connectivity index (χ1) is 15.7. The summed E-state index contributed by atoms with van der Waals surface area (Å²) in [6.07, 6.45) is 8.36. The molecule has 0 saturated carbocycles. The number of piperidine rings is 2. The van der Waals surface area contributed by atoms with Crippen molar-refractivity contribution in [1.82, 2.24) is 20.2 Å². The summed E-state index contributed by atoms with van der Waals surface area (Å²) in [6.45, 7) is 7.92. The molecule has 0 unspecified atom stereocenters. The van der Waals surface area contributed by atoms with Crippen molar-refractivity contribution in [3.8, 4) is 0 Å². The Balaban J connectivity index is 1.08. The fraction of sp³-hybridized carbons (Fsp3) is 0.577. The van der Waals surface area contributed by atoms with E-state index in [-0.39, 0.29) is 11.8 Å². The highest BCUT2D eigenvalue weighted by molar-refractivity contribution is 5.78. The zero-order valence-corrected chi connectivity index (χ0v) is 19.4. The molecular formula is C26H37N5O. The SMILES string of the molecule is Cc1ccnc(N2CCC(C(=O)NCCCN3CCC(Cc4ccccc4)CC3)CC2)n1. The minimum Gasteiger partial charge on any atom is -0.356 e. The van der Waals surface area contributed by atoms with Gasteiger partial charge in [-0.15, -0.1) is 0 Å². The Morgan fingerprint density at radius 1 is 1.03 bits per heavy atom. The number of nitrogens with one attached hydrogen (secondary N) is 1. The second kappa shape index (κ2) is 11.4. The molecule has 2 fully saturated rings. The van der Waals surface area contributed by atoms with Gasteiger partial charge in [-0.3, -0.25) is 4.79 Å². The first-order valence-corrected chi connectivity index (χ1v) is 12.3. The minimum atomic E-state index is 0.116. The summed E-state index contributed by atoms with van der Waals surface area (Å²) >= 11 is 0. The summed E-state index contributed by atoms with van der Waals surface area (Å²) in [6, 6.07) is 12.8. The van der Waals surface area contributed by atoms with Crippen LogP contribution in [-0.4, -0.2) is 60.0 Å². The number of carbonyl (C=O) groups is 1. The van der Waals surface area contributed by atoms with E-state index in [0.29, 0.717) is 0 Å². The molecule has 1 N–H and O–H groups in total. The second-order valence-electron chi connectivity index (χ2n) is 9.38. The molecule has 0 radical (unpaired) electrons. The van der Waals surface area contributed by atoms with E-state index in [0.717, 1.165) is 63.0 Å². The normalized spacial score (nSPS) is 18.6. The predicted molar refractivity (Wildman–Crippen MR) is 129 cm³/mol. The van der Waals surface area contributed by atoms with E-state index in [9.17, 15) is 4.79 Å². The van der Waals surface area contributed by atoms with E-state index in [1.165, 1.54) is 37.9 Å². The molecule has 2 aliphatic heterocycles. The number of rotatable bonds is 8. The summed E-state index contributed by atoms with van der Waals surface area (Å²) in [7, 11) is 0. The molecule has 0 spiro atoms. The Morgan fingerprint density at radius 3 is 2.50 bits per heavy atom. The van der Waals surface area contributed by atoms with Crippen LogP contribution in [0.25, 0.3) is 0 Å². The Kier molecular flexibility index (Phi) is 8.10. The molecule has 3 heterocycles. The average molecular weight is 436 g/mol. The quantitative estimate of drug-likeness (QED) is 0.644. The summed E-state index contributed by atoms with van der Waals surface area (Å²) in [4.78, 5) is 26.2. The van der Waals surface area contributed by atoms with E-state index in [1.54, 1.807) is 0 Å². The van der Waals surface area contributed by atoms with Gasteiger partial charge in [-0.2, -0.15) is 0 Å². The van der Waals surface area contributed by atoms with Gasteiger partial charge in [0, 0.05) is 37.4 Å². The number of amides is 1. The minimum absolute atomic E-state index is 0.116. The van der Waals surface area contributed by atoms with E-state index in [4.69, 9.17) is 0 Å². The fourth-order valence-corrected chi connectivity index (χ4v) is 4.95. The van der Waals surface area contributed by atoms with Gasteiger partial charge in [0.05, 0.1) is 0 Å². The molecule has 1 aromatic carbocycles. The van der Waals surface area contributed by atoms with Crippen LogP contribution in [0.15, 0.2) is 42.6 Å². The molecule has 6 heteroatoms. The zero-order chi connectivity index (χ0) is 22.2. The molecule has 32 heavy (non-hydrogen) atoms. The van der Waals surface area contributed by atoms with Crippen molar-refractivity contribution in [2.24, 2.45) is 11.8 Å². The summed E-state index contributed by atoms with van der Waals surface area (Å²) in [5.41, 5.74) is 2.45. The molecule has 1 aromatic heterocycles. The number of aryl methyl sites for hydroxylation is 1. The first kappa shape index (κ1) is 22.7. The molecule has 2 aromatic rings. The van der Waals surface area contributed by atoms with Crippen LogP contribution < -0.4 is 10.2 Å². The lowest BCUT2D eigenvalue weighted by molar-refractivity contribution is -0.125. The molecule has 0 atom stereocenters. The monoisotopic (exact) mass is 435 g/mol. The Labute approximate surface area is 192 Å². The standard InChI is InChI=1S/C26H37N5O/c1-21-8-14-28-26(29-21)31-18-11-24(12-19-31)25(32)27-13-5-15-30-16-9-23(10-17-30)20-22-6-3-2-4-7-22/h2-4,6-8,14,23-24H,5,9-13,15-20H2,1H3,(H,27,32). The van der Waals surface area contributed by atoms with E-state index >= 15 is 0 Å². The third-order valence-corrected chi connectivity index (χ3v) is 6.96. The van der Waals surface area contributed by atoms with Crippen LogP contribution in [-0.2, 0) is 11.2 Å². The van der Waals surface area contributed by atoms with Crippen molar-refractivity contribution in [3.63, 3.8) is 0 Å². The van der Waals surface area contributed by atoms with Crippen molar-refractivity contribution >= 4 is 11.9 Å². The lowest BCUT2D eigenvalue weighted by Crippen LogP contribution is -2.42. The van der Waals surface area contributed by atoms with Crippen LogP contribution in [0.5, 0.6) is 0 Å². The van der Waals surface area contributed by atoms with Crippen LogP contribution in [0.3, 0.4) is 0 Å². The number of aromatic nitrogens is 2. The van der Waals surface area contributed by atoms with Crippen molar-refractivity contribution in [3.05, 3.63) is 53.9 Å². The molecule has 0 bridgehead atoms. The summed E-state index contributed by atoms with van der Waals surface area (Å²) in [5.74, 6) is 1.93. The molecule has 4 rings (SSSR count). The number of anilines is 1. The van der Waals surface area contributed by atoms with Crippen molar-refractivity contribution in [2.75, 3.05) is 44.2 Å². The van der Waals surface area contributed by atoms with Crippen LogP contribution in [0.1, 0.15) is 43.4 Å². The number of nitrogens with zero attached hydrogens (tertiary/aromatic N) is 4. The third-order valence-electron chi connectivity index (χ3n) is 6.96. The van der Waals surface area contributed by atoms with Crippen molar-refractivity contribution < 1.29 is 4.79 Å². The van der Waals surface area contributed by atoms with Crippen LogP contribution >= 0.6 is 0 Å². The van der Waals surface area contributed by atoms with Gasteiger partial charge in [-0.25, -0.2) is 9.97 Å². The predicted octanol–water partition coefficient (Wildman–Crippen LogP) is 3.46. The Morgan fingerprint density at radius 2 is 1.78 bits per heavy atom. The molecule has 172 valence electrons. The van der Waals surface area contributed by atoms with Gasteiger partial charge >= 0.3 is 0 Å². The second-order valence-corrected chi connectivity index (χ2v) is 9.38. The lowest BCUT2D eigenvalue weighted by atomic mass is 9.90.